The summed E-state index contributed by atoms with van der Waals surface area (Å²) in [6.45, 7) is 7.80. The minimum Gasteiger partial charge on any atom is -0.334 e. The summed E-state index contributed by atoms with van der Waals surface area (Å²) in [5, 5.41) is 0. The quantitative estimate of drug-likeness (QED) is 0.785. The minimum atomic E-state index is -0.1000. The number of carbonyl (C=O) groups is 2. The predicted octanol–water partition coefficient (Wildman–Crippen LogP) is 2.67. The van der Waals surface area contributed by atoms with Crippen LogP contribution in [0.25, 0.3) is 5.65 Å². The van der Waals surface area contributed by atoms with Gasteiger partial charge in [-0.2, -0.15) is 0 Å². The Morgan fingerprint density at radius 1 is 1.26 bits per heavy atom. The third-order valence-corrected chi connectivity index (χ3v) is 5.69. The van der Waals surface area contributed by atoms with Gasteiger partial charge in [-0.3, -0.25) is 9.59 Å². The second kappa shape index (κ2) is 6.83. The third-order valence-electron chi connectivity index (χ3n) is 5.69. The number of hydrogen-bond acceptors (Lipinski definition) is 3. The fourth-order valence-corrected chi connectivity index (χ4v) is 4.14. The third kappa shape index (κ3) is 3.24. The van der Waals surface area contributed by atoms with Gasteiger partial charge in [0.2, 0.25) is 5.91 Å². The molecule has 5 heterocycles. The molecule has 3 fully saturated rings. The molecule has 0 N–H and O–H groups in total. The molecule has 3 aliphatic rings. The maximum Gasteiger partial charge on any atom is 0.274 e. The maximum atomic E-state index is 13.1. The van der Waals surface area contributed by atoms with Crippen LogP contribution in [0.5, 0.6) is 0 Å². The molecule has 142 valence electrons. The number of carbonyl (C=O) groups excluding carboxylic acids is 2. The molecule has 6 heteroatoms. The first kappa shape index (κ1) is 17.8. The van der Waals surface area contributed by atoms with Crippen LogP contribution in [0, 0.1) is 12.8 Å². The molecule has 3 saturated heterocycles. The number of pyridine rings is 1. The van der Waals surface area contributed by atoms with Crippen molar-refractivity contribution < 1.29 is 9.59 Å². The average Bonchev–Trinajstić information content (AvgIpc) is 2.89. The number of hydrogen-bond donors (Lipinski definition) is 0. The van der Waals surface area contributed by atoms with E-state index < -0.39 is 0 Å². The van der Waals surface area contributed by atoms with E-state index in [1.54, 1.807) is 0 Å². The Morgan fingerprint density at radius 3 is 2.81 bits per heavy atom. The van der Waals surface area contributed by atoms with Crippen molar-refractivity contribution in [3.05, 3.63) is 47.4 Å². The summed E-state index contributed by atoms with van der Waals surface area (Å²) in [6.07, 6.45) is 5.72. The second-order valence-corrected chi connectivity index (χ2v) is 7.93. The zero-order valence-corrected chi connectivity index (χ0v) is 16.2. The van der Waals surface area contributed by atoms with E-state index in [4.69, 9.17) is 0 Å². The van der Waals surface area contributed by atoms with Gasteiger partial charge in [-0.15, -0.1) is 0 Å². The molecule has 2 aromatic rings. The summed E-state index contributed by atoms with van der Waals surface area (Å²) >= 11 is 0. The van der Waals surface area contributed by atoms with Crippen LogP contribution in [-0.2, 0) is 4.79 Å². The Labute approximate surface area is 159 Å². The van der Waals surface area contributed by atoms with Gasteiger partial charge < -0.3 is 14.2 Å². The highest BCUT2D eigenvalue weighted by Gasteiger charge is 2.41. The van der Waals surface area contributed by atoms with Gasteiger partial charge in [-0.25, -0.2) is 4.98 Å². The number of fused-ring (bicyclic) bond motifs is 5. The van der Waals surface area contributed by atoms with E-state index in [1.165, 1.54) is 5.57 Å². The van der Waals surface area contributed by atoms with Crippen LogP contribution >= 0.6 is 0 Å². The van der Waals surface area contributed by atoms with E-state index >= 15 is 0 Å². The van der Waals surface area contributed by atoms with Crippen molar-refractivity contribution in [2.24, 2.45) is 5.92 Å². The van der Waals surface area contributed by atoms with Gasteiger partial charge in [0.05, 0.1) is 5.92 Å². The summed E-state index contributed by atoms with van der Waals surface area (Å²) in [6, 6.07) is 5.93. The van der Waals surface area contributed by atoms with E-state index in [1.807, 2.05) is 59.4 Å². The SMILES string of the molecule is CC(C)=CCN1C(=O)[C@@H]2CC[C@H]1CN(C(=O)c1cn3c(C)cccc3n1)C2. The topological polar surface area (TPSA) is 57.9 Å². The lowest BCUT2D eigenvalue weighted by Crippen LogP contribution is -2.48. The zero-order chi connectivity index (χ0) is 19.1. The predicted molar refractivity (Wildman–Crippen MR) is 103 cm³/mol. The van der Waals surface area contributed by atoms with Crippen molar-refractivity contribution >= 4 is 17.5 Å². The van der Waals surface area contributed by atoms with Gasteiger partial charge in [0.1, 0.15) is 11.3 Å². The molecule has 5 rings (SSSR count). The van der Waals surface area contributed by atoms with Gasteiger partial charge in [0, 0.05) is 37.6 Å². The van der Waals surface area contributed by atoms with Gasteiger partial charge in [0.25, 0.3) is 5.91 Å². The fourth-order valence-electron chi connectivity index (χ4n) is 4.14. The lowest BCUT2D eigenvalue weighted by molar-refractivity contribution is -0.139. The molecule has 0 aromatic carbocycles. The van der Waals surface area contributed by atoms with Gasteiger partial charge >= 0.3 is 0 Å². The van der Waals surface area contributed by atoms with Crippen LogP contribution in [0.3, 0.4) is 0 Å². The number of allylic oxidation sites excluding steroid dienone is 1. The largest absolute Gasteiger partial charge is 0.334 e. The zero-order valence-electron chi connectivity index (χ0n) is 16.2. The molecule has 0 saturated carbocycles. The molecule has 0 aliphatic carbocycles. The Hall–Kier alpha value is -2.63. The summed E-state index contributed by atoms with van der Waals surface area (Å²) < 4.78 is 1.94. The van der Waals surface area contributed by atoms with Crippen LogP contribution in [0.4, 0.5) is 0 Å². The normalized spacial score (nSPS) is 22.3. The number of imidazole rings is 1. The molecule has 2 bridgehead atoms. The number of aromatic nitrogens is 2. The monoisotopic (exact) mass is 366 g/mol. The van der Waals surface area contributed by atoms with Gasteiger partial charge in [-0.05, 0) is 45.7 Å². The molecule has 27 heavy (non-hydrogen) atoms. The number of nitrogens with zero attached hydrogens (tertiary/aromatic N) is 4. The first-order valence-corrected chi connectivity index (χ1v) is 9.62. The Balaban J connectivity index is 1.59. The molecule has 3 aliphatic heterocycles. The van der Waals surface area contributed by atoms with Crippen LogP contribution < -0.4 is 0 Å². The number of piperidine rings is 1. The molecule has 2 amide bonds. The van der Waals surface area contributed by atoms with Crippen LogP contribution in [-0.4, -0.2) is 56.7 Å². The number of aryl methyl sites for hydroxylation is 1. The van der Waals surface area contributed by atoms with Crippen LogP contribution in [0.2, 0.25) is 0 Å². The van der Waals surface area contributed by atoms with Crippen molar-refractivity contribution in [3.63, 3.8) is 0 Å². The van der Waals surface area contributed by atoms with Crippen LogP contribution in [0.1, 0.15) is 42.9 Å². The smallest absolute Gasteiger partial charge is 0.274 e. The number of rotatable bonds is 3. The summed E-state index contributed by atoms with van der Waals surface area (Å²) in [5.74, 6) is 0.00814. The highest BCUT2D eigenvalue weighted by atomic mass is 16.2. The standard InChI is InChI=1S/C21H26N4O2/c1-14(2)9-10-24-17-8-7-16(20(24)26)11-23(12-17)21(27)18-13-25-15(3)5-4-6-19(25)22-18/h4-6,9,13,16-17H,7-8,10-12H2,1-3H3/t16-,17+/m1/s1. The van der Waals surface area contributed by atoms with E-state index in [0.29, 0.717) is 25.3 Å². The fraction of sp³-hybridized carbons (Fsp3) is 0.476. The molecular formula is C21H26N4O2. The molecule has 0 radical (unpaired) electrons. The molecule has 0 spiro atoms. The molecule has 2 atom stereocenters. The van der Waals surface area contributed by atoms with Crippen molar-refractivity contribution in [2.45, 2.75) is 39.7 Å². The Kier molecular flexibility index (Phi) is 4.50. The van der Waals surface area contributed by atoms with Gasteiger partial charge in [0.15, 0.2) is 0 Å². The Bertz CT molecular complexity index is 925. The number of amides is 2. The summed E-state index contributed by atoms with van der Waals surface area (Å²) in [4.78, 5) is 34.3. The summed E-state index contributed by atoms with van der Waals surface area (Å²) in [5.41, 5.74) is 3.47. The van der Waals surface area contributed by atoms with Crippen molar-refractivity contribution in [1.82, 2.24) is 19.2 Å². The van der Waals surface area contributed by atoms with Crippen molar-refractivity contribution in [2.75, 3.05) is 19.6 Å². The van der Waals surface area contributed by atoms with Crippen molar-refractivity contribution in [1.29, 1.82) is 0 Å². The van der Waals surface area contributed by atoms with E-state index in [2.05, 4.69) is 11.1 Å². The maximum absolute atomic E-state index is 13.1. The highest BCUT2D eigenvalue weighted by molar-refractivity contribution is 5.94. The lowest BCUT2D eigenvalue weighted by Gasteiger charge is -2.35. The molecule has 2 aromatic heterocycles. The first-order chi connectivity index (χ1) is 12.9. The second-order valence-electron chi connectivity index (χ2n) is 7.93. The first-order valence-electron chi connectivity index (χ1n) is 9.62. The average molecular weight is 366 g/mol. The van der Waals surface area contributed by atoms with Crippen molar-refractivity contribution in [3.8, 4) is 0 Å². The minimum absolute atomic E-state index is 0.0770. The Morgan fingerprint density at radius 2 is 2.07 bits per heavy atom. The lowest BCUT2D eigenvalue weighted by atomic mass is 9.94. The van der Waals surface area contributed by atoms with E-state index in [-0.39, 0.29) is 23.8 Å². The molecular weight excluding hydrogens is 340 g/mol. The molecule has 0 unspecified atom stereocenters. The van der Waals surface area contributed by atoms with Crippen LogP contribution in [0.15, 0.2) is 36.0 Å². The van der Waals surface area contributed by atoms with E-state index in [0.717, 1.165) is 24.2 Å². The van der Waals surface area contributed by atoms with Gasteiger partial charge in [-0.1, -0.05) is 17.7 Å². The highest BCUT2D eigenvalue weighted by Crippen LogP contribution is 2.30. The molecule has 6 nitrogen and oxygen atoms in total. The summed E-state index contributed by atoms with van der Waals surface area (Å²) in [7, 11) is 0. The van der Waals surface area contributed by atoms with E-state index in [9.17, 15) is 9.59 Å².